The molecule has 11 nitrogen and oxygen atoms in total. The fourth-order valence-electron chi connectivity index (χ4n) is 3.31. The molecule has 1 atom stereocenters. The quantitative estimate of drug-likeness (QED) is 0.579. The summed E-state index contributed by atoms with van der Waals surface area (Å²) in [6.07, 6.45) is 0.173. The average molecular weight is 384 g/mol. The van der Waals surface area contributed by atoms with Gasteiger partial charge in [0.2, 0.25) is 17.7 Å². The Bertz CT molecular complexity index is 1000. The summed E-state index contributed by atoms with van der Waals surface area (Å²) >= 11 is 0. The molecule has 2 aliphatic heterocycles. The summed E-state index contributed by atoms with van der Waals surface area (Å²) in [5, 5.41) is 12.6. The molecule has 4 N–H and O–H groups in total. The average Bonchev–Trinajstić information content (AvgIpc) is 3.24. The Labute approximate surface area is 158 Å². The maximum Gasteiger partial charge on any atom is 0.315 e. The molecule has 1 aromatic carbocycles. The molecule has 1 saturated heterocycles. The molecule has 11 heteroatoms. The van der Waals surface area contributed by atoms with Crippen molar-refractivity contribution in [1.82, 2.24) is 20.4 Å². The van der Waals surface area contributed by atoms with Crippen LogP contribution in [0.1, 0.15) is 45.0 Å². The molecular formula is C17H16N6O5. The van der Waals surface area contributed by atoms with E-state index < -0.39 is 29.7 Å². The predicted molar refractivity (Wildman–Crippen MR) is 92.6 cm³/mol. The molecule has 4 rings (SSSR count). The Kier molecular flexibility index (Phi) is 4.35. The van der Waals surface area contributed by atoms with Gasteiger partial charge in [-0.2, -0.15) is 0 Å². The zero-order chi connectivity index (χ0) is 19.8. The topological polar surface area (TPSA) is 161 Å². The summed E-state index contributed by atoms with van der Waals surface area (Å²) in [7, 11) is 0. The molecule has 28 heavy (non-hydrogen) atoms. The SMILES string of the molecule is NCc1nnc(NCc2cccc3c2C(=O)N(C2CCC(=O)NC2=O)C3=O)o1. The number of rotatable bonds is 5. The number of aromatic nitrogens is 2. The van der Waals surface area contributed by atoms with Gasteiger partial charge in [-0.1, -0.05) is 17.2 Å². The Morgan fingerprint density at radius 1 is 1.21 bits per heavy atom. The molecule has 3 heterocycles. The molecule has 0 radical (unpaired) electrons. The Balaban J connectivity index is 1.59. The van der Waals surface area contributed by atoms with Gasteiger partial charge in [0.15, 0.2) is 0 Å². The van der Waals surface area contributed by atoms with Crippen LogP contribution >= 0.6 is 0 Å². The van der Waals surface area contributed by atoms with Crippen LogP contribution in [0, 0.1) is 0 Å². The van der Waals surface area contributed by atoms with Crippen molar-refractivity contribution in [3.05, 3.63) is 40.8 Å². The maximum atomic E-state index is 13.0. The summed E-state index contributed by atoms with van der Waals surface area (Å²) in [5.74, 6) is -1.93. The molecule has 0 bridgehead atoms. The van der Waals surface area contributed by atoms with Crippen molar-refractivity contribution in [1.29, 1.82) is 0 Å². The van der Waals surface area contributed by atoms with E-state index in [9.17, 15) is 19.2 Å². The van der Waals surface area contributed by atoms with E-state index in [1.807, 2.05) is 0 Å². The first-order valence-corrected chi connectivity index (χ1v) is 8.59. The number of anilines is 1. The van der Waals surface area contributed by atoms with Gasteiger partial charge >= 0.3 is 6.01 Å². The van der Waals surface area contributed by atoms with Crippen LogP contribution in [0.15, 0.2) is 22.6 Å². The third-order valence-corrected chi connectivity index (χ3v) is 4.63. The molecule has 1 fully saturated rings. The van der Waals surface area contributed by atoms with Crippen molar-refractivity contribution in [3.8, 4) is 0 Å². The number of amides is 4. The highest BCUT2D eigenvalue weighted by atomic mass is 16.4. The second-order valence-corrected chi connectivity index (χ2v) is 6.35. The molecule has 1 aromatic heterocycles. The van der Waals surface area contributed by atoms with E-state index in [4.69, 9.17) is 10.2 Å². The van der Waals surface area contributed by atoms with E-state index in [1.165, 1.54) is 6.07 Å². The number of nitrogens with one attached hydrogen (secondary N) is 2. The molecular weight excluding hydrogens is 368 g/mol. The van der Waals surface area contributed by atoms with E-state index in [-0.39, 0.29) is 49.0 Å². The van der Waals surface area contributed by atoms with Gasteiger partial charge in [-0.25, -0.2) is 0 Å². The van der Waals surface area contributed by atoms with Crippen LogP contribution in [0.25, 0.3) is 0 Å². The van der Waals surface area contributed by atoms with Crippen LogP contribution in [0.2, 0.25) is 0 Å². The first-order valence-electron chi connectivity index (χ1n) is 8.59. The number of nitrogens with two attached hydrogens (primary N) is 1. The van der Waals surface area contributed by atoms with Gasteiger partial charge in [-0.3, -0.25) is 29.4 Å². The molecule has 1 unspecified atom stereocenters. The third-order valence-electron chi connectivity index (χ3n) is 4.63. The molecule has 2 aromatic rings. The summed E-state index contributed by atoms with van der Waals surface area (Å²) < 4.78 is 5.26. The fraction of sp³-hybridized carbons (Fsp3) is 0.294. The molecule has 2 aliphatic rings. The lowest BCUT2D eigenvalue weighted by molar-refractivity contribution is -0.136. The number of nitrogens with zero attached hydrogens (tertiary/aromatic N) is 3. The van der Waals surface area contributed by atoms with Gasteiger partial charge < -0.3 is 15.5 Å². The van der Waals surface area contributed by atoms with Crippen molar-refractivity contribution in [2.75, 3.05) is 5.32 Å². The van der Waals surface area contributed by atoms with Gasteiger partial charge in [0.05, 0.1) is 17.7 Å². The van der Waals surface area contributed by atoms with Crippen LogP contribution in [0.4, 0.5) is 6.01 Å². The predicted octanol–water partition coefficient (Wildman–Crippen LogP) is -0.458. The number of fused-ring (bicyclic) bond motifs is 1. The minimum atomic E-state index is -1.01. The molecule has 0 spiro atoms. The van der Waals surface area contributed by atoms with E-state index in [0.717, 1.165) is 4.90 Å². The summed E-state index contributed by atoms with van der Waals surface area (Å²) in [6.45, 7) is 0.251. The van der Waals surface area contributed by atoms with E-state index in [2.05, 4.69) is 20.8 Å². The number of carbonyl (C=O) groups excluding carboxylic acids is 4. The highest BCUT2D eigenvalue weighted by Crippen LogP contribution is 2.30. The molecule has 4 amide bonds. The second kappa shape index (κ2) is 6.85. The van der Waals surface area contributed by atoms with Crippen molar-refractivity contribution in [2.45, 2.75) is 32.0 Å². The zero-order valence-corrected chi connectivity index (χ0v) is 14.6. The third kappa shape index (κ3) is 2.91. The lowest BCUT2D eigenvalue weighted by Gasteiger charge is -2.27. The van der Waals surface area contributed by atoms with E-state index in [1.54, 1.807) is 12.1 Å². The van der Waals surface area contributed by atoms with Crippen LogP contribution in [-0.4, -0.2) is 44.8 Å². The minimum absolute atomic E-state index is 0.0683. The Morgan fingerprint density at radius 3 is 2.75 bits per heavy atom. The number of piperidine rings is 1. The maximum absolute atomic E-state index is 13.0. The summed E-state index contributed by atoms with van der Waals surface area (Å²) in [5.41, 5.74) is 6.38. The Morgan fingerprint density at radius 2 is 2.04 bits per heavy atom. The van der Waals surface area contributed by atoms with Crippen LogP contribution < -0.4 is 16.4 Å². The first kappa shape index (κ1) is 17.8. The highest BCUT2D eigenvalue weighted by Gasteiger charge is 2.45. The number of imide groups is 2. The molecule has 0 aliphatic carbocycles. The van der Waals surface area contributed by atoms with Crippen molar-refractivity contribution in [2.24, 2.45) is 5.73 Å². The monoisotopic (exact) mass is 384 g/mol. The summed E-state index contributed by atoms with van der Waals surface area (Å²) in [6, 6.07) is 3.99. The van der Waals surface area contributed by atoms with Crippen LogP contribution in [0.3, 0.4) is 0 Å². The van der Waals surface area contributed by atoms with Crippen LogP contribution in [0.5, 0.6) is 0 Å². The van der Waals surface area contributed by atoms with Gasteiger partial charge in [0, 0.05) is 13.0 Å². The second-order valence-electron chi connectivity index (χ2n) is 6.35. The molecule has 144 valence electrons. The largest absolute Gasteiger partial charge is 0.407 e. The molecule has 0 saturated carbocycles. The van der Waals surface area contributed by atoms with E-state index >= 15 is 0 Å². The highest BCUT2D eigenvalue weighted by molar-refractivity contribution is 6.24. The first-order chi connectivity index (χ1) is 13.5. The standard InChI is InChI=1S/C17H16N6O5/c18-6-12-21-22-17(28-12)19-7-8-2-1-3-9-13(8)16(27)23(15(9)26)10-4-5-11(24)20-14(10)25/h1-3,10H,4-7,18H2,(H,19,22)(H,20,24,25). The minimum Gasteiger partial charge on any atom is -0.407 e. The smallest absolute Gasteiger partial charge is 0.315 e. The van der Waals surface area contributed by atoms with Gasteiger partial charge in [0.1, 0.15) is 6.04 Å². The van der Waals surface area contributed by atoms with Gasteiger partial charge in [-0.15, -0.1) is 5.10 Å². The normalized spacial score (nSPS) is 19.0. The van der Waals surface area contributed by atoms with Crippen molar-refractivity contribution >= 4 is 29.6 Å². The van der Waals surface area contributed by atoms with Crippen molar-refractivity contribution < 1.29 is 23.6 Å². The summed E-state index contributed by atoms with van der Waals surface area (Å²) in [4.78, 5) is 50.1. The lowest BCUT2D eigenvalue weighted by Crippen LogP contribution is -2.54. The zero-order valence-electron chi connectivity index (χ0n) is 14.6. The van der Waals surface area contributed by atoms with Gasteiger partial charge in [0.25, 0.3) is 11.8 Å². The van der Waals surface area contributed by atoms with E-state index in [0.29, 0.717) is 5.56 Å². The number of hydrogen-bond donors (Lipinski definition) is 3. The van der Waals surface area contributed by atoms with Crippen molar-refractivity contribution in [3.63, 3.8) is 0 Å². The van der Waals surface area contributed by atoms with Crippen LogP contribution in [-0.2, 0) is 22.7 Å². The number of benzene rings is 1. The lowest BCUT2D eigenvalue weighted by atomic mass is 10.0. The number of hydrogen-bond acceptors (Lipinski definition) is 9. The Hall–Kier alpha value is -3.60. The fourth-order valence-corrected chi connectivity index (χ4v) is 3.31. The van der Waals surface area contributed by atoms with Gasteiger partial charge in [-0.05, 0) is 18.1 Å². The number of carbonyl (C=O) groups is 4.